The number of ketones is 1. The highest BCUT2D eigenvalue weighted by molar-refractivity contribution is 9.27. The second-order valence-electron chi connectivity index (χ2n) is 3.69. The van der Waals surface area contributed by atoms with Crippen molar-refractivity contribution in [2.75, 3.05) is 0 Å². The molecule has 0 aromatic heterocycles. The van der Waals surface area contributed by atoms with Gasteiger partial charge in [-0.2, -0.15) is 0 Å². The van der Waals surface area contributed by atoms with E-state index in [1.165, 1.54) is 0 Å². The van der Waals surface area contributed by atoms with E-state index in [0.29, 0.717) is 6.42 Å². The molecule has 0 fully saturated rings. The maximum absolute atomic E-state index is 11.8. The Labute approximate surface area is 123 Å². The minimum Gasteiger partial charge on any atom is -0.294 e. The third kappa shape index (κ3) is 2.09. The Morgan fingerprint density at radius 1 is 1.40 bits per heavy atom. The van der Waals surface area contributed by atoms with Crippen LogP contribution in [-0.4, -0.2) is 13.3 Å². The van der Waals surface area contributed by atoms with E-state index in [9.17, 15) is 4.79 Å². The molecule has 15 heavy (non-hydrogen) atoms. The van der Waals surface area contributed by atoms with E-state index in [0.717, 1.165) is 15.6 Å². The first kappa shape index (κ1) is 14.1. The number of Topliss-reactive ketones (excluding diaryl/α,β-unsaturated/α-hetero) is 1. The molecule has 84 valence electrons. The Balaban J connectivity index is 3.41. The molecule has 1 unspecified atom stereocenters. The molecule has 0 aromatic carbocycles. The van der Waals surface area contributed by atoms with E-state index < -0.39 is 7.56 Å². The number of allylic oxidation sites excluding steroid dienone is 3. The van der Waals surface area contributed by atoms with Crippen molar-refractivity contribution < 1.29 is 4.79 Å². The topological polar surface area (TPSA) is 17.1 Å². The van der Waals surface area contributed by atoms with Crippen molar-refractivity contribution in [1.29, 1.82) is 0 Å². The maximum Gasteiger partial charge on any atom is 0.161 e. The monoisotopic (exact) mass is 462 g/mol. The smallest absolute Gasteiger partial charge is 0.161 e. The summed E-state index contributed by atoms with van der Waals surface area (Å²) in [7, 11) is 0. The molecule has 0 saturated carbocycles. The summed E-state index contributed by atoms with van der Waals surface area (Å²) >= 11 is 14.3. The fourth-order valence-electron chi connectivity index (χ4n) is 1.42. The van der Waals surface area contributed by atoms with E-state index in [4.69, 9.17) is 0 Å². The van der Waals surface area contributed by atoms with Crippen LogP contribution in [0.2, 0.25) is 0 Å². The molecule has 0 spiro atoms. The average molecular weight is 466 g/mol. The van der Waals surface area contributed by atoms with Gasteiger partial charge in [-0.3, -0.25) is 4.79 Å². The van der Waals surface area contributed by atoms with Crippen LogP contribution < -0.4 is 0 Å². The van der Waals surface area contributed by atoms with Gasteiger partial charge in [0.2, 0.25) is 0 Å². The lowest BCUT2D eigenvalue weighted by Gasteiger charge is -2.43. The SMILES string of the molecule is C=C(C)C1(Br)CC(=O)C(C)=C(Br)C1(Br)Br. The summed E-state index contributed by atoms with van der Waals surface area (Å²) in [6.45, 7) is 7.65. The zero-order valence-electron chi connectivity index (χ0n) is 8.33. The van der Waals surface area contributed by atoms with Crippen LogP contribution in [0.1, 0.15) is 20.3 Å². The molecule has 0 amide bonds. The fourth-order valence-corrected chi connectivity index (χ4v) is 4.25. The standard InChI is InChI=1S/C10H10Br4O/c1-5(2)9(12)4-7(15)6(3)8(11)10(9,13)14/h1,4H2,2-3H3. The predicted molar refractivity (Wildman–Crippen MR) is 78.3 cm³/mol. The first-order valence-electron chi connectivity index (χ1n) is 4.27. The molecule has 0 radical (unpaired) electrons. The molecule has 0 N–H and O–H groups in total. The van der Waals surface area contributed by atoms with E-state index in [1.54, 1.807) is 0 Å². The van der Waals surface area contributed by atoms with Crippen molar-refractivity contribution in [3.05, 3.63) is 22.2 Å². The second kappa shape index (κ2) is 4.39. The van der Waals surface area contributed by atoms with E-state index >= 15 is 0 Å². The highest BCUT2D eigenvalue weighted by atomic mass is 79.9. The first-order valence-corrected chi connectivity index (χ1v) is 7.44. The van der Waals surface area contributed by atoms with Gasteiger partial charge in [0.05, 0.1) is 4.32 Å². The highest BCUT2D eigenvalue weighted by Gasteiger charge is 2.54. The number of alkyl halides is 3. The number of carbonyl (C=O) groups excluding carboxylic acids is 1. The molecule has 0 bridgehead atoms. The molecule has 1 aliphatic rings. The van der Waals surface area contributed by atoms with E-state index in [-0.39, 0.29) is 5.78 Å². The summed E-state index contributed by atoms with van der Waals surface area (Å²) in [4.78, 5) is 11.8. The molecule has 1 nitrogen and oxygen atoms in total. The lowest BCUT2D eigenvalue weighted by molar-refractivity contribution is -0.116. The van der Waals surface area contributed by atoms with Crippen LogP contribution in [0.5, 0.6) is 0 Å². The normalized spacial score (nSPS) is 30.7. The van der Waals surface area contributed by atoms with Crippen molar-refractivity contribution in [1.82, 2.24) is 0 Å². The molecule has 1 rings (SSSR count). The molecule has 0 aromatic rings. The van der Waals surface area contributed by atoms with E-state index in [2.05, 4.69) is 70.3 Å². The van der Waals surface area contributed by atoms with Gasteiger partial charge in [-0.05, 0) is 13.8 Å². The summed E-state index contributed by atoms with van der Waals surface area (Å²) in [6.07, 6.45) is 0.389. The molecule has 0 aliphatic heterocycles. The van der Waals surface area contributed by atoms with Crippen LogP contribution in [0.4, 0.5) is 0 Å². The van der Waals surface area contributed by atoms with Crippen LogP contribution in [0.3, 0.4) is 0 Å². The number of hydrogen-bond donors (Lipinski definition) is 0. The largest absolute Gasteiger partial charge is 0.294 e. The third-order valence-corrected chi connectivity index (χ3v) is 9.62. The number of hydrogen-bond acceptors (Lipinski definition) is 1. The minimum atomic E-state index is -0.517. The highest BCUT2D eigenvalue weighted by Crippen LogP contribution is 2.59. The summed E-state index contributed by atoms with van der Waals surface area (Å²) in [5.74, 6) is 0.122. The lowest BCUT2D eigenvalue weighted by atomic mass is 9.84. The number of rotatable bonds is 1. The van der Waals surface area contributed by atoms with Crippen molar-refractivity contribution in [2.45, 2.75) is 27.8 Å². The number of halogens is 4. The second-order valence-corrected chi connectivity index (χ2v) is 9.28. The van der Waals surface area contributed by atoms with Crippen LogP contribution in [-0.2, 0) is 4.79 Å². The van der Waals surface area contributed by atoms with Crippen LogP contribution in [0.15, 0.2) is 22.2 Å². The molecule has 0 saturated heterocycles. The van der Waals surface area contributed by atoms with Crippen LogP contribution in [0, 0.1) is 0 Å². The molecular formula is C10H10Br4O. The predicted octanol–water partition coefficient (Wildman–Crippen LogP) is 4.82. The Hall–Kier alpha value is 1.07. The average Bonchev–Trinajstić information content (AvgIpc) is 2.12. The van der Waals surface area contributed by atoms with Crippen LogP contribution >= 0.6 is 63.7 Å². The molecular weight excluding hydrogens is 456 g/mol. The van der Waals surface area contributed by atoms with Gasteiger partial charge >= 0.3 is 0 Å². The first-order chi connectivity index (χ1) is 6.64. The summed E-state index contributed by atoms with van der Waals surface area (Å²) < 4.78 is -0.210. The Kier molecular flexibility index (Phi) is 4.14. The lowest BCUT2D eigenvalue weighted by Crippen LogP contribution is -2.47. The van der Waals surface area contributed by atoms with Gasteiger partial charge in [0.25, 0.3) is 0 Å². The zero-order chi connectivity index (χ0) is 12.0. The van der Waals surface area contributed by atoms with Crippen molar-refractivity contribution >= 4 is 69.5 Å². The molecule has 0 heterocycles. The summed E-state index contributed by atoms with van der Waals surface area (Å²) in [5.41, 5.74) is 1.63. The minimum absolute atomic E-state index is 0.122. The van der Waals surface area contributed by atoms with Gasteiger partial charge in [-0.15, -0.1) is 0 Å². The van der Waals surface area contributed by atoms with Crippen molar-refractivity contribution in [3.63, 3.8) is 0 Å². The van der Waals surface area contributed by atoms with E-state index in [1.807, 2.05) is 13.8 Å². The van der Waals surface area contributed by atoms with Gasteiger partial charge in [0, 0.05) is 16.5 Å². The number of carbonyl (C=O) groups is 1. The Morgan fingerprint density at radius 2 is 1.87 bits per heavy atom. The zero-order valence-corrected chi connectivity index (χ0v) is 14.7. The summed E-state index contributed by atoms with van der Waals surface area (Å²) in [5, 5.41) is 0. The molecule has 1 aliphatic carbocycles. The van der Waals surface area contributed by atoms with Crippen LogP contribution in [0.25, 0.3) is 0 Å². The van der Waals surface area contributed by atoms with Gasteiger partial charge < -0.3 is 0 Å². The molecule has 5 heteroatoms. The van der Waals surface area contributed by atoms with Crippen molar-refractivity contribution in [2.24, 2.45) is 0 Å². The quantitative estimate of drug-likeness (QED) is 0.401. The van der Waals surface area contributed by atoms with Gasteiger partial charge in [-0.1, -0.05) is 75.9 Å². The van der Waals surface area contributed by atoms with Gasteiger partial charge in [-0.25, -0.2) is 0 Å². The van der Waals surface area contributed by atoms with Gasteiger partial charge in [0.1, 0.15) is 3.23 Å². The molecule has 1 atom stereocenters. The maximum atomic E-state index is 11.8. The Bertz CT molecular complexity index is 370. The van der Waals surface area contributed by atoms with Crippen molar-refractivity contribution in [3.8, 4) is 0 Å². The van der Waals surface area contributed by atoms with Gasteiger partial charge in [0.15, 0.2) is 5.78 Å². The summed E-state index contributed by atoms with van der Waals surface area (Å²) in [6, 6.07) is 0. The third-order valence-electron chi connectivity index (χ3n) is 2.60. The Morgan fingerprint density at radius 3 is 2.27 bits per heavy atom. The fraction of sp³-hybridized carbons (Fsp3) is 0.500.